The standard InChI is InChI=1S/C18H22N6O7S2/c1-5-31-12-7-8-13-20-15(32(26,27)6-2)16(24(13)10-12)33(28,29)23-18(25)22-17-19-11(3)9-14(21-17)30-4/h7-10H,5-6H2,1-4H3,(H2,19,21,22,23,25). The summed E-state index contributed by atoms with van der Waals surface area (Å²) in [6, 6.07) is 3.23. The second kappa shape index (κ2) is 9.19. The molecular formula is C18H22N6O7S2. The predicted octanol–water partition coefficient (Wildman–Crippen LogP) is 1.14. The molecule has 0 aliphatic carbocycles. The van der Waals surface area contributed by atoms with Crippen molar-refractivity contribution in [2.45, 2.75) is 30.8 Å². The molecule has 0 spiro atoms. The van der Waals surface area contributed by atoms with Crippen LogP contribution >= 0.6 is 0 Å². The lowest BCUT2D eigenvalue weighted by Crippen LogP contribution is -2.36. The number of aryl methyl sites for hydroxylation is 1. The molecule has 178 valence electrons. The van der Waals surface area contributed by atoms with Crippen molar-refractivity contribution in [3.63, 3.8) is 0 Å². The van der Waals surface area contributed by atoms with E-state index in [1.807, 2.05) is 0 Å². The number of fused-ring (bicyclic) bond motifs is 1. The van der Waals surface area contributed by atoms with Crippen LogP contribution in [-0.4, -0.2) is 61.7 Å². The van der Waals surface area contributed by atoms with Gasteiger partial charge in [0.05, 0.1) is 25.7 Å². The maximum absolute atomic E-state index is 13.1. The molecule has 0 bridgehead atoms. The normalized spacial score (nSPS) is 11.9. The average molecular weight is 499 g/mol. The highest BCUT2D eigenvalue weighted by Gasteiger charge is 2.33. The van der Waals surface area contributed by atoms with Gasteiger partial charge in [-0.15, -0.1) is 0 Å². The fourth-order valence-corrected chi connectivity index (χ4v) is 5.47. The van der Waals surface area contributed by atoms with E-state index in [4.69, 9.17) is 9.47 Å². The van der Waals surface area contributed by atoms with Gasteiger partial charge in [0, 0.05) is 11.8 Å². The lowest BCUT2D eigenvalue weighted by molar-refractivity contribution is 0.256. The molecule has 33 heavy (non-hydrogen) atoms. The molecule has 15 heteroatoms. The molecule has 0 saturated carbocycles. The molecule has 0 aromatic carbocycles. The van der Waals surface area contributed by atoms with Crippen LogP contribution in [0.3, 0.4) is 0 Å². The SMILES string of the molecule is CCOc1ccc2nc(S(=O)(=O)CC)c(S(=O)(=O)NC(=O)Nc3nc(C)cc(OC)n3)n2c1. The lowest BCUT2D eigenvalue weighted by Gasteiger charge is -2.11. The quantitative estimate of drug-likeness (QED) is 0.459. The van der Waals surface area contributed by atoms with Crippen LogP contribution in [0.4, 0.5) is 10.7 Å². The van der Waals surface area contributed by atoms with E-state index in [1.165, 1.54) is 38.4 Å². The number of imidazole rings is 1. The molecule has 3 rings (SSSR count). The van der Waals surface area contributed by atoms with E-state index in [1.54, 1.807) is 18.6 Å². The highest BCUT2D eigenvalue weighted by molar-refractivity contribution is 7.93. The Kier molecular flexibility index (Phi) is 6.73. The van der Waals surface area contributed by atoms with Crippen LogP contribution < -0.4 is 19.5 Å². The molecule has 3 heterocycles. The highest BCUT2D eigenvalue weighted by Crippen LogP contribution is 2.26. The third-order valence-electron chi connectivity index (χ3n) is 4.25. The monoisotopic (exact) mass is 498 g/mol. The molecule has 0 unspecified atom stereocenters. The number of carbonyl (C=O) groups excluding carboxylic acids is 1. The van der Waals surface area contributed by atoms with Gasteiger partial charge in [-0.1, -0.05) is 6.92 Å². The molecule has 13 nitrogen and oxygen atoms in total. The number of methoxy groups -OCH3 is 1. The minimum Gasteiger partial charge on any atom is -0.492 e. The Morgan fingerprint density at radius 2 is 1.85 bits per heavy atom. The predicted molar refractivity (Wildman–Crippen MR) is 117 cm³/mol. The summed E-state index contributed by atoms with van der Waals surface area (Å²) >= 11 is 0. The Morgan fingerprint density at radius 1 is 1.12 bits per heavy atom. The molecule has 0 radical (unpaired) electrons. The first-order chi connectivity index (χ1) is 15.5. The number of aromatic nitrogens is 4. The number of carbonyl (C=O) groups is 1. The van der Waals surface area contributed by atoms with Crippen LogP contribution in [0.25, 0.3) is 5.65 Å². The molecule has 2 N–H and O–H groups in total. The summed E-state index contributed by atoms with van der Waals surface area (Å²) < 4.78 is 64.7. The van der Waals surface area contributed by atoms with Gasteiger partial charge in [0.1, 0.15) is 11.4 Å². The van der Waals surface area contributed by atoms with Gasteiger partial charge in [-0.3, -0.25) is 9.72 Å². The molecule has 0 fully saturated rings. The number of sulfone groups is 1. The van der Waals surface area contributed by atoms with E-state index in [0.29, 0.717) is 12.3 Å². The largest absolute Gasteiger partial charge is 0.492 e. The van der Waals surface area contributed by atoms with Gasteiger partial charge >= 0.3 is 6.03 Å². The summed E-state index contributed by atoms with van der Waals surface area (Å²) in [6.45, 7) is 5.00. The number of anilines is 1. The van der Waals surface area contributed by atoms with Gasteiger partial charge < -0.3 is 9.47 Å². The van der Waals surface area contributed by atoms with E-state index in [0.717, 1.165) is 4.40 Å². The zero-order valence-corrected chi connectivity index (χ0v) is 19.8. The summed E-state index contributed by atoms with van der Waals surface area (Å²) in [6.07, 6.45) is 1.28. The van der Waals surface area contributed by atoms with Crippen molar-refractivity contribution in [3.05, 3.63) is 30.1 Å². The summed E-state index contributed by atoms with van der Waals surface area (Å²) in [5, 5.41) is 0.781. The molecule has 0 aliphatic rings. The fraction of sp³-hybridized carbons (Fsp3) is 0.333. The third-order valence-corrected chi connectivity index (χ3v) is 7.37. The number of amides is 2. The van der Waals surface area contributed by atoms with E-state index >= 15 is 0 Å². The maximum Gasteiger partial charge on any atom is 0.335 e. The van der Waals surface area contributed by atoms with Crippen LogP contribution in [0.2, 0.25) is 0 Å². The Morgan fingerprint density at radius 3 is 2.48 bits per heavy atom. The fourth-order valence-electron chi connectivity index (χ4n) is 2.82. The van der Waals surface area contributed by atoms with Gasteiger partial charge in [0.2, 0.25) is 11.8 Å². The van der Waals surface area contributed by atoms with Crippen LogP contribution in [0, 0.1) is 6.92 Å². The van der Waals surface area contributed by atoms with Crippen molar-refractivity contribution < 1.29 is 31.1 Å². The minimum atomic E-state index is -4.73. The van der Waals surface area contributed by atoms with Crippen LogP contribution in [0.5, 0.6) is 11.6 Å². The van der Waals surface area contributed by atoms with E-state index < -0.39 is 41.7 Å². The van der Waals surface area contributed by atoms with Crippen molar-refractivity contribution in [1.82, 2.24) is 24.1 Å². The first-order valence-corrected chi connectivity index (χ1v) is 12.8. The van der Waals surface area contributed by atoms with Crippen LogP contribution in [0.15, 0.2) is 34.4 Å². The number of nitrogens with one attached hydrogen (secondary N) is 2. The van der Waals surface area contributed by atoms with Gasteiger partial charge in [-0.2, -0.15) is 13.4 Å². The summed E-state index contributed by atoms with van der Waals surface area (Å²) in [5.41, 5.74) is 0.500. The first kappa shape index (κ1) is 24.2. The molecule has 0 aliphatic heterocycles. The minimum absolute atomic E-state index is 0.0398. The molecule has 0 atom stereocenters. The number of nitrogens with zero attached hydrogens (tertiary/aromatic N) is 4. The van der Waals surface area contributed by atoms with E-state index in [9.17, 15) is 21.6 Å². The third kappa shape index (κ3) is 5.14. The van der Waals surface area contributed by atoms with Crippen molar-refractivity contribution in [2.75, 3.05) is 24.8 Å². The molecule has 3 aromatic rings. The highest BCUT2D eigenvalue weighted by atomic mass is 32.2. The molecule has 0 saturated heterocycles. The number of hydrogen-bond donors (Lipinski definition) is 2. The van der Waals surface area contributed by atoms with E-state index in [2.05, 4.69) is 20.3 Å². The molecule has 2 amide bonds. The zero-order chi connectivity index (χ0) is 24.4. The number of rotatable bonds is 8. The Balaban J connectivity index is 2.05. The molecular weight excluding hydrogens is 476 g/mol. The van der Waals surface area contributed by atoms with Crippen molar-refractivity contribution in [2.24, 2.45) is 0 Å². The Hall–Kier alpha value is -3.46. The summed E-state index contributed by atoms with van der Waals surface area (Å²) in [5.74, 6) is -0.176. The summed E-state index contributed by atoms with van der Waals surface area (Å²) in [7, 11) is -7.43. The van der Waals surface area contributed by atoms with Crippen molar-refractivity contribution in [1.29, 1.82) is 0 Å². The maximum atomic E-state index is 13.1. The first-order valence-electron chi connectivity index (χ1n) is 9.61. The second-order valence-corrected chi connectivity index (χ2v) is 10.4. The Labute approximate surface area is 190 Å². The number of ether oxygens (including phenoxy) is 2. The topological polar surface area (TPSA) is 171 Å². The van der Waals surface area contributed by atoms with Crippen LogP contribution in [-0.2, 0) is 19.9 Å². The van der Waals surface area contributed by atoms with Gasteiger partial charge in [0.15, 0.2) is 19.9 Å². The second-order valence-electron chi connectivity index (χ2n) is 6.59. The number of hydrogen-bond acceptors (Lipinski definition) is 10. The van der Waals surface area contributed by atoms with Crippen LogP contribution in [0.1, 0.15) is 19.5 Å². The molecule has 3 aromatic heterocycles. The number of urea groups is 1. The van der Waals surface area contributed by atoms with Gasteiger partial charge in [-0.25, -0.2) is 27.9 Å². The summed E-state index contributed by atoms with van der Waals surface area (Å²) in [4.78, 5) is 24.3. The number of sulfonamides is 1. The Bertz CT molecular complexity index is 1420. The van der Waals surface area contributed by atoms with Crippen molar-refractivity contribution in [3.8, 4) is 11.6 Å². The number of pyridine rings is 1. The van der Waals surface area contributed by atoms with Crippen molar-refractivity contribution >= 4 is 37.5 Å². The van der Waals surface area contributed by atoms with E-state index in [-0.39, 0.29) is 23.2 Å². The zero-order valence-electron chi connectivity index (χ0n) is 18.2. The van der Waals surface area contributed by atoms with Gasteiger partial charge in [0.25, 0.3) is 10.0 Å². The van der Waals surface area contributed by atoms with Gasteiger partial charge in [-0.05, 0) is 26.0 Å². The smallest absolute Gasteiger partial charge is 0.335 e. The average Bonchev–Trinajstić information content (AvgIpc) is 3.13. The lowest BCUT2D eigenvalue weighted by atomic mass is 10.4.